The second kappa shape index (κ2) is 13.7. The third-order valence-electron chi connectivity index (χ3n) is 4.98. The van der Waals surface area contributed by atoms with Gasteiger partial charge in [0.15, 0.2) is 0 Å². The number of pyridine rings is 1. The number of alkyl halides is 6. The highest BCUT2D eigenvalue weighted by atomic mass is 19.4. The van der Waals surface area contributed by atoms with Crippen LogP contribution in [-0.4, -0.2) is 72.4 Å². The smallest absolute Gasteiger partial charge is 0.475 e. The second-order valence-electron chi connectivity index (χ2n) is 8.27. The molecule has 1 aliphatic rings. The zero-order valence-corrected chi connectivity index (χ0v) is 20.5. The number of hydrogen-bond acceptors (Lipinski definition) is 7. The lowest BCUT2D eigenvalue weighted by Gasteiger charge is -2.27. The molecule has 0 radical (unpaired) electrons. The molecule has 10 nitrogen and oxygen atoms in total. The number of imidazole rings is 1. The van der Waals surface area contributed by atoms with Crippen LogP contribution in [0.1, 0.15) is 22.8 Å². The van der Waals surface area contributed by atoms with Crippen LogP contribution < -0.4 is 0 Å². The normalized spacial score (nSPS) is 13.5. The number of hydrogen-bond donors (Lipinski definition) is 2. The van der Waals surface area contributed by atoms with Gasteiger partial charge in [-0.2, -0.15) is 26.3 Å². The van der Waals surface area contributed by atoms with Crippen LogP contribution in [0.15, 0.2) is 53.5 Å². The molecule has 3 aromatic rings. The fourth-order valence-corrected chi connectivity index (χ4v) is 3.32. The number of carboxylic acids is 2. The van der Waals surface area contributed by atoms with Gasteiger partial charge in [-0.25, -0.2) is 14.6 Å². The van der Waals surface area contributed by atoms with Crippen molar-refractivity contribution >= 4 is 11.9 Å². The van der Waals surface area contributed by atoms with E-state index < -0.39 is 24.3 Å². The lowest BCUT2D eigenvalue weighted by atomic mass is 10.2. The quantitative estimate of drug-likeness (QED) is 0.430. The van der Waals surface area contributed by atoms with Gasteiger partial charge in [0.25, 0.3) is 0 Å². The zero-order chi connectivity index (χ0) is 29.2. The van der Waals surface area contributed by atoms with Crippen molar-refractivity contribution in [1.29, 1.82) is 0 Å². The number of carboxylic acid groups (broad SMARTS) is 2. The number of carbonyl (C=O) groups is 2. The largest absolute Gasteiger partial charge is 0.490 e. The molecule has 0 spiro atoms. The van der Waals surface area contributed by atoms with Gasteiger partial charge in [0.1, 0.15) is 11.6 Å². The molecule has 1 aliphatic heterocycles. The van der Waals surface area contributed by atoms with Crippen LogP contribution in [0.3, 0.4) is 0 Å². The Morgan fingerprint density at radius 3 is 2.18 bits per heavy atom. The van der Waals surface area contributed by atoms with E-state index in [9.17, 15) is 26.3 Å². The minimum absolute atomic E-state index is 0.794. The molecule has 0 amide bonds. The SMILES string of the molecule is CN(Cc1cn2c(n1)CN(Cc1cccnc1)CC2)Cc1ccco1.O=C(O)C(F)(F)F.O=C(O)C(F)(F)F. The average molecular weight is 565 g/mol. The summed E-state index contributed by atoms with van der Waals surface area (Å²) in [6.45, 7) is 5.46. The molecule has 4 heterocycles. The van der Waals surface area contributed by atoms with Crippen LogP contribution in [0.4, 0.5) is 26.3 Å². The molecule has 4 rings (SSSR count). The molecule has 0 aromatic carbocycles. The number of rotatable bonds is 6. The van der Waals surface area contributed by atoms with Crippen molar-refractivity contribution in [2.24, 2.45) is 0 Å². The van der Waals surface area contributed by atoms with Crippen LogP contribution in [0.5, 0.6) is 0 Å². The molecule has 0 saturated heterocycles. The molecule has 0 unspecified atom stereocenters. The van der Waals surface area contributed by atoms with Gasteiger partial charge in [-0.05, 0) is 30.8 Å². The van der Waals surface area contributed by atoms with Gasteiger partial charge in [-0.3, -0.25) is 14.8 Å². The van der Waals surface area contributed by atoms with Crippen LogP contribution in [0.25, 0.3) is 0 Å². The van der Waals surface area contributed by atoms with Crippen molar-refractivity contribution in [3.05, 3.63) is 72.0 Å². The number of aromatic nitrogens is 3. The third-order valence-corrected chi connectivity index (χ3v) is 4.98. The topological polar surface area (TPSA) is 125 Å². The first kappa shape index (κ1) is 31.3. The highest BCUT2D eigenvalue weighted by molar-refractivity contribution is 5.73. The molecule has 0 saturated carbocycles. The molecular weight excluding hydrogens is 540 g/mol. The van der Waals surface area contributed by atoms with E-state index in [4.69, 9.17) is 29.2 Å². The van der Waals surface area contributed by atoms with Crippen LogP contribution in [-0.2, 0) is 42.3 Å². The number of fused-ring (bicyclic) bond motifs is 1. The van der Waals surface area contributed by atoms with Gasteiger partial charge >= 0.3 is 24.3 Å². The molecule has 2 N–H and O–H groups in total. The Kier molecular flexibility index (Phi) is 11.0. The van der Waals surface area contributed by atoms with Crippen molar-refractivity contribution in [2.75, 3.05) is 13.6 Å². The summed E-state index contributed by atoms with van der Waals surface area (Å²) in [6, 6.07) is 8.05. The van der Waals surface area contributed by atoms with Crippen LogP contribution >= 0.6 is 0 Å². The lowest BCUT2D eigenvalue weighted by molar-refractivity contribution is -0.193. The molecule has 0 bridgehead atoms. The second-order valence-corrected chi connectivity index (χ2v) is 8.27. The van der Waals surface area contributed by atoms with E-state index in [0.717, 1.165) is 56.5 Å². The lowest BCUT2D eigenvalue weighted by Crippen LogP contribution is -2.33. The van der Waals surface area contributed by atoms with Gasteiger partial charge in [-0.1, -0.05) is 6.07 Å². The molecule has 0 fully saturated rings. The summed E-state index contributed by atoms with van der Waals surface area (Å²) in [4.78, 5) is 31.5. The van der Waals surface area contributed by atoms with E-state index in [1.807, 2.05) is 30.6 Å². The molecule has 0 atom stereocenters. The number of furan rings is 1. The Labute approximate surface area is 218 Å². The zero-order valence-electron chi connectivity index (χ0n) is 20.5. The summed E-state index contributed by atoms with van der Waals surface area (Å²) in [7, 11) is 2.09. The Balaban J connectivity index is 0.000000317. The van der Waals surface area contributed by atoms with Crippen molar-refractivity contribution in [1.82, 2.24) is 24.3 Å². The van der Waals surface area contributed by atoms with Crippen molar-refractivity contribution in [3.8, 4) is 0 Å². The number of aliphatic carboxylic acids is 2. The van der Waals surface area contributed by atoms with E-state index in [1.165, 1.54) is 5.56 Å². The molecule has 0 aliphatic carbocycles. The maximum Gasteiger partial charge on any atom is 0.490 e. The summed E-state index contributed by atoms with van der Waals surface area (Å²) in [5.74, 6) is -3.38. The highest BCUT2D eigenvalue weighted by Crippen LogP contribution is 2.17. The van der Waals surface area contributed by atoms with Crippen LogP contribution in [0, 0.1) is 0 Å². The van der Waals surface area contributed by atoms with Crippen molar-refractivity contribution in [3.63, 3.8) is 0 Å². The molecule has 3 aromatic heterocycles. The van der Waals surface area contributed by atoms with Gasteiger partial charge < -0.3 is 19.2 Å². The van der Waals surface area contributed by atoms with E-state index in [-0.39, 0.29) is 0 Å². The summed E-state index contributed by atoms with van der Waals surface area (Å²) in [6.07, 6.45) is -2.50. The van der Waals surface area contributed by atoms with Crippen molar-refractivity contribution in [2.45, 2.75) is 45.1 Å². The predicted molar refractivity (Wildman–Crippen MR) is 122 cm³/mol. The number of nitrogens with zero attached hydrogens (tertiary/aromatic N) is 5. The van der Waals surface area contributed by atoms with Crippen molar-refractivity contribution < 1.29 is 50.6 Å². The Morgan fingerprint density at radius 1 is 1.03 bits per heavy atom. The Bertz CT molecular complexity index is 1160. The Hall–Kier alpha value is -3.92. The fraction of sp³-hybridized carbons (Fsp3) is 0.391. The van der Waals surface area contributed by atoms with E-state index in [0.29, 0.717) is 0 Å². The summed E-state index contributed by atoms with van der Waals surface area (Å²) < 4.78 is 71.2. The monoisotopic (exact) mass is 565 g/mol. The summed E-state index contributed by atoms with van der Waals surface area (Å²) in [5, 5.41) is 14.2. The Morgan fingerprint density at radius 2 is 1.67 bits per heavy atom. The van der Waals surface area contributed by atoms with Gasteiger partial charge in [0.05, 0.1) is 25.0 Å². The minimum Gasteiger partial charge on any atom is -0.475 e. The first-order valence-corrected chi connectivity index (χ1v) is 11.1. The van der Waals surface area contributed by atoms with Gasteiger partial charge in [-0.15, -0.1) is 0 Å². The van der Waals surface area contributed by atoms with Gasteiger partial charge in [0.2, 0.25) is 0 Å². The first-order chi connectivity index (χ1) is 18.1. The summed E-state index contributed by atoms with van der Waals surface area (Å²) >= 11 is 0. The molecule has 214 valence electrons. The third kappa shape index (κ3) is 11.2. The van der Waals surface area contributed by atoms with Crippen LogP contribution in [0.2, 0.25) is 0 Å². The molecular formula is C23H25F6N5O5. The van der Waals surface area contributed by atoms with E-state index >= 15 is 0 Å². The highest BCUT2D eigenvalue weighted by Gasteiger charge is 2.38. The number of halogens is 6. The predicted octanol–water partition coefficient (Wildman–Crippen LogP) is 3.79. The summed E-state index contributed by atoms with van der Waals surface area (Å²) in [5.41, 5.74) is 2.37. The molecule has 39 heavy (non-hydrogen) atoms. The minimum atomic E-state index is -5.08. The van der Waals surface area contributed by atoms with E-state index in [2.05, 4.69) is 38.7 Å². The first-order valence-electron chi connectivity index (χ1n) is 11.1. The fourth-order valence-electron chi connectivity index (χ4n) is 3.32. The standard InChI is InChI=1S/C19H23N5O.2C2HF3O2/c1-22(14-18-5-3-9-25-18)12-17-13-24-8-7-23(15-19(24)21-17)11-16-4-2-6-20-10-16;2*3-2(4,5)1(6)7/h2-6,9-10,13H,7-8,11-12,14-15H2,1H3;2*(H,6,7). The maximum absolute atomic E-state index is 10.6. The molecule has 16 heteroatoms. The average Bonchev–Trinajstić information content (AvgIpc) is 3.48. The van der Waals surface area contributed by atoms with Gasteiger partial charge in [0, 0.05) is 44.8 Å². The maximum atomic E-state index is 10.6. The van der Waals surface area contributed by atoms with E-state index in [1.54, 1.807) is 6.26 Å².